The molecule has 8 nitrogen and oxygen atoms in total. The monoisotopic (exact) mass is 840 g/mol. The topological polar surface area (TPSA) is 89.5 Å². The Bertz CT molecular complexity index is 2560. The van der Waals surface area contributed by atoms with Crippen LogP contribution in [0.5, 0.6) is 23.0 Å². The van der Waals surface area contributed by atoms with Crippen molar-refractivity contribution >= 4 is 66.6 Å². The average molecular weight is 841 g/mol. The number of carbonyl (C=O) groups excluding carboxylic acids is 2. The molecule has 0 amide bonds. The molecule has 316 valence electrons. The number of carbonyl (C=O) groups is 2. The fourth-order valence-electron chi connectivity index (χ4n) is 7.50. The minimum Gasteiger partial charge on any atom is -0.489 e. The molecule has 0 radical (unpaired) electrons. The van der Waals surface area contributed by atoms with E-state index in [0.29, 0.717) is 46.2 Å². The first-order valence-corrected chi connectivity index (χ1v) is 21.8. The van der Waals surface area contributed by atoms with Gasteiger partial charge in [-0.15, -0.1) is 0 Å². The molecule has 61 heavy (non-hydrogen) atoms. The number of halogens is 1. The maximum atomic E-state index is 13.1. The van der Waals surface area contributed by atoms with Crippen LogP contribution in [0.4, 0.5) is 0 Å². The fourth-order valence-corrected chi connectivity index (χ4v) is 7.68. The van der Waals surface area contributed by atoms with Crippen LogP contribution in [0.3, 0.4) is 0 Å². The number of hydrogen-bond donors (Lipinski definition) is 0. The summed E-state index contributed by atoms with van der Waals surface area (Å²) in [4.78, 5) is 26.2. The maximum absolute atomic E-state index is 13.1. The number of esters is 2. The zero-order valence-corrected chi connectivity index (χ0v) is 35.7. The Morgan fingerprint density at radius 1 is 0.459 bits per heavy atom. The molecule has 0 spiro atoms. The van der Waals surface area contributed by atoms with E-state index in [4.69, 9.17) is 40.0 Å². The van der Waals surface area contributed by atoms with Gasteiger partial charge in [0.2, 0.25) is 0 Å². The van der Waals surface area contributed by atoms with Gasteiger partial charge < -0.3 is 28.4 Å². The molecule has 7 aromatic rings. The summed E-state index contributed by atoms with van der Waals surface area (Å²) in [6.07, 6.45) is 4.58. The second-order valence-electron chi connectivity index (χ2n) is 15.2. The van der Waals surface area contributed by atoms with Crippen LogP contribution in [0, 0.1) is 0 Å². The molecule has 0 N–H and O–H groups in total. The summed E-state index contributed by atoms with van der Waals surface area (Å²) in [6.45, 7) is 4.44. The molecule has 2 atom stereocenters. The molecule has 0 saturated heterocycles. The normalized spacial score (nSPS) is 12.3. The maximum Gasteiger partial charge on any atom is 0.306 e. The fraction of sp³-hybridized carbons (Fsp3) is 0.308. The molecule has 0 aliphatic carbocycles. The van der Waals surface area contributed by atoms with Crippen molar-refractivity contribution in [2.24, 2.45) is 0 Å². The predicted octanol–water partition coefficient (Wildman–Crippen LogP) is 12.9. The molecule has 9 heteroatoms. The van der Waals surface area contributed by atoms with Crippen molar-refractivity contribution in [3.63, 3.8) is 0 Å². The van der Waals surface area contributed by atoms with Gasteiger partial charge in [-0.05, 0) is 53.9 Å². The summed E-state index contributed by atoms with van der Waals surface area (Å²) >= 11 is 6.67. The molecule has 7 rings (SSSR count). The zero-order chi connectivity index (χ0) is 42.4. The largest absolute Gasteiger partial charge is 0.489 e. The Balaban J connectivity index is 1.16. The lowest BCUT2D eigenvalue weighted by atomic mass is 10.0. The summed E-state index contributed by atoms with van der Waals surface area (Å²) in [5.41, 5.74) is 0. The van der Waals surface area contributed by atoms with Gasteiger partial charge in [0, 0.05) is 50.2 Å². The van der Waals surface area contributed by atoms with E-state index in [9.17, 15) is 9.59 Å². The van der Waals surface area contributed by atoms with Crippen molar-refractivity contribution in [1.82, 2.24) is 0 Å². The van der Waals surface area contributed by atoms with E-state index in [0.717, 1.165) is 76.2 Å². The SMILES string of the molecule is CCCCCC(=O)OC(COc1cccc2ccccc12)COc1c2ccccc2c(OCC(COc2cccc3ccccc23)OC(=O)CCCCC)c2cc(Cl)ccc12. The van der Waals surface area contributed by atoms with Crippen LogP contribution in [0.15, 0.2) is 127 Å². The number of rotatable bonds is 22. The highest BCUT2D eigenvalue weighted by Gasteiger charge is 2.24. The number of fused-ring (bicyclic) bond motifs is 4. The first-order valence-electron chi connectivity index (χ1n) is 21.4. The number of benzene rings is 7. The van der Waals surface area contributed by atoms with E-state index >= 15 is 0 Å². The molecule has 0 aliphatic rings. The van der Waals surface area contributed by atoms with Gasteiger partial charge in [0.1, 0.15) is 49.4 Å². The highest BCUT2D eigenvalue weighted by Crippen LogP contribution is 2.44. The van der Waals surface area contributed by atoms with Crippen molar-refractivity contribution in [3.05, 3.63) is 132 Å². The second-order valence-corrected chi connectivity index (χ2v) is 15.7. The molecule has 7 aromatic carbocycles. The third-order valence-corrected chi connectivity index (χ3v) is 10.9. The molecule has 0 heterocycles. The third kappa shape index (κ3) is 11.2. The quantitative estimate of drug-likeness (QED) is 0.0379. The van der Waals surface area contributed by atoms with E-state index in [1.807, 2.05) is 127 Å². The van der Waals surface area contributed by atoms with Gasteiger partial charge in [-0.1, -0.05) is 148 Å². The van der Waals surface area contributed by atoms with E-state index in [2.05, 4.69) is 13.8 Å². The Morgan fingerprint density at radius 3 is 1.36 bits per heavy atom. The molecule has 0 aliphatic heterocycles. The lowest BCUT2D eigenvalue weighted by Gasteiger charge is -2.23. The van der Waals surface area contributed by atoms with Crippen LogP contribution in [-0.2, 0) is 19.1 Å². The molecule has 0 fully saturated rings. The Kier molecular flexibility index (Phi) is 15.2. The van der Waals surface area contributed by atoms with Gasteiger partial charge in [-0.2, -0.15) is 0 Å². The summed E-state index contributed by atoms with van der Waals surface area (Å²) in [5, 5.41) is 7.58. The summed E-state index contributed by atoms with van der Waals surface area (Å²) in [5.74, 6) is 1.96. The van der Waals surface area contributed by atoms with Crippen molar-refractivity contribution in [2.75, 3.05) is 26.4 Å². The van der Waals surface area contributed by atoms with Crippen LogP contribution in [0.2, 0.25) is 5.02 Å². The third-order valence-electron chi connectivity index (χ3n) is 10.6. The minimum atomic E-state index is -0.716. The number of ether oxygens (including phenoxy) is 6. The molecule has 0 saturated carbocycles. The Morgan fingerprint density at radius 2 is 0.869 bits per heavy atom. The van der Waals surface area contributed by atoms with Gasteiger partial charge in [-0.25, -0.2) is 0 Å². The summed E-state index contributed by atoms with van der Waals surface area (Å²) < 4.78 is 38.2. The highest BCUT2D eigenvalue weighted by molar-refractivity contribution is 6.31. The van der Waals surface area contributed by atoms with Crippen molar-refractivity contribution < 1.29 is 38.0 Å². The van der Waals surface area contributed by atoms with Crippen molar-refractivity contribution in [3.8, 4) is 23.0 Å². The lowest BCUT2D eigenvalue weighted by Crippen LogP contribution is -2.31. The molecule has 0 aromatic heterocycles. The van der Waals surface area contributed by atoms with Crippen molar-refractivity contribution in [2.45, 2.75) is 77.4 Å². The standard InChI is InChI=1S/C52H53ClO8/c1-3-5-7-27-49(54)60-39(32-56-47-25-15-19-36-17-9-11-21-41(36)47)34-58-51-43-23-13-14-24-44(43)52(46-31-38(53)29-30-45(46)51)59-35-40(61-50(55)28-8-6-4-2)33-57-48-26-16-20-37-18-10-12-22-42(37)48/h9-26,29-31,39-40H,3-8,27-28,32-35H2,1-2H3. The van der Waals surface area contributed by atoms with Crippen LogP contribution < -0.4 is 18.9 Å². The lowest BCUT2D eigenvalue weighted by molar-refractivity contribution is -0.153. The van der Waals surface area contributed by atoms with Gasteiger partial charge >= 0.3 is 11.9 Å². The molecule has 2 unspecified atom stereocenters. The number of unbranched alkanes of at least 4 members (excludes halogenated alkanes) is 4. The highest BCUT2D eigenvalue weighted by atomic mass is 35.5. The van der Waals surface area contributed by atoms with E-state index < -0.39 is 12.2 Å². The van der Waals surface area contributed by atoms with Crippen LogP contribution in [-0.4, -0.2) is 50.6 Å². The minimum absolute atomic E-state index is 0.0255. The van der Waals surface area contributed by atoms with E-state index in [1.165, 1.54) is 0 Å². The summed E-state index contributed by atoms with van der Waals surface area (Å²) in [6, 6.07) is 41.2. The zero-order valence-electron chi connectivity index (χ0n) is 34.9. The molecular weight excluding hydrogens is 788 g/mol. The van der Waals surface area contributed by atoms with Gasteiger partial charge in [0.15, 0.2) is 12.2 Å². The number of hydrogen-bond acceptors (Lipinski definition) is 8. The predicted molar refractivity (Wildman–Crippen MR) is 244 cm³/mol. The van der Waals surface area contributed by atoms with E-state index in [1.54, 1.807) is 0 Å². The van der Waals surface area contributed by atoms with Gasteiger partial charge in [0.05, 0.1) is 0 Å². The van der Waals surface area contributed by atoms with Crippen molar-refractivity contribution in [1.29, 1.82) is 0 Å². The molecule has 0 bridgehead atoms. The molecular formula is C52H53ClO8. The van der Waals surface area contributed by atoms with E-state index in [-0.39, 0.29) is 38.4 Å². The van der Waals surface area contributed by atoms with Gasteiger partial charge in [-0.3, -0.25) is 9.59 Å². The second kappa shape index (κ2) is 21.5. The van der Waals surface area contributed by atoms with Crippen LogP contribution >= 0.6 is 11.6 Å². The van der Waals surface area contributed by atoms with Crippen LogP contribution in [0.1, 0.15) is 65.2 Å². The first-order chi connectivity index (χ1) is 29.9. The first kappa shape index (κ1) is 43.1. The average Bonchev–Trinajstić information content (AvgIpc) is 3.28. The Hall–Kier alpha value is -5.99. The van der Waals surface area contributed by atoms with Gasteiger partial charge in [0.25, 0.3) is 0 Å². The van der Waals surface area contributed by atoms with Crippen LogP contribution in [0.25, 0.3) is 43.1 Å². The summed E-state index contributed by atoms with van der Waals surface area (Å²) in [7, 11) is 0. The Labute approximate surface area is 362 Å². The smallest absolute Gasteiger partial charge is 0.306 e.